The average Bonchev–Trinajstić information content (AvgIpc) is 3.09. The molecule has 4 aromatic rings. The summed E-state index contributed by atoms with van der Waals surface area (Å²) in [6.07, 6.45) is 3.61. The number of aromatic nitrogens is 3. The van der Waals surface area contributed by atoms with Crippen molar-refractivity contribution in [1.29, 1.82) is 0 Å². The van der Waals surface area contributed by atoms with Crippen LogP contribution in [0.1, 0.15) is 13.8 Å². The van der Waals surface area contributed by atoms with Crippen molar-refractivity contribution >= 4 is 40.2 Å². The Morgan fingerprint density at radius 1 is 1.11 bits per heavy atom. The Morgan fingerprint density at radius 3 is 2.61 bits per heavy atom. The fourth-order valence-electron chi connectivity index (χ4n) is 3.03. The molecule has 0 aliphatic carbocycles. The quantitative estimate of drug-likeness (QED) is 0.309. The summed E-state index contributed by atoms with van der Waals surface area (Å²) in [6, 6.07) is 17.8. The van der Waals surface area contributed by atoms with Crippen LogP contribution in [-0.4, -0.2) is 25.6 Å². The number of fused-ring (bicyclic) bond motifs is 1. The number of Topliss-reactive ketones (excluding diaryl/α,β-unsaturated/α-hetero) is 1. The third kappa shape index (κ3) is 3.55. The van der Waals surface area contributed by atoms with Crippen molar-refractivity contribution in [2.24, 2.45) is 0 Å². The molecule has 0 radical (unpaired) electrons. The van der Waals surface area contributed by atoms with E-state index in [1.54, 1.807) is 13.3 Å². The smallest absolute Gasteiger partial charge is 0.149 e. The SMILES string of the molecule is CC(=O)[C@@H](C)Sc1ncnc2c1c(-c1ccccc1)cn2-c1cccc(Cl)c1. The number of halogens is 1. The number of nitrogens with zero attached hydrogens (tertiary/aromatic N) is 3. The standard InChI is InChI=1S/C22H18ClN3OS/c1-14(27)15(2)28-22-20-19(16-7-4-3-5-8-16)12-26(21(20)24-13-25-22)18-10-6-9-17(23)11-18/h3-13,15H,1-2H3/t15-/m1/s1. The minimum atomic E-state index is -0.184. The van der Waals surface area contributed by atoms with Gasteiger partial charge in [-0.15, -0.1) is 0 Å². The van der Waals surface area contributed by atoms with Crippen LogP contribution in [0.2, 0.25) is 5.02 Å². The molecule has 0 spiro atoms. The summed E-state index contributed by atoms with van der Waals surface area (Å²) < 4.78 is 2.02. The normalized spacial score (nSPS) is 12.2. The van der Waals surface area contributed by atoms with Gasteiger partial charge in [-0.2, -0.15) is 0 Å². The minimum absolute atomic E-state index is 0.118. The number of hydrogen-bond acceptors (Lipinski definition) is 4. The predicted octanol–water partition coefficient (Wildman–Crippen LogP) is 5.81. The van der Waals surface area contributed by atoms with E-state index >= 15 is 0 Å². The predicted molar refractivity (Wildman–Crippen MR) is 115 cm³/mol. The van der Waals surface area contributed by atoms with E-state index in [0.29, 0.717) is 5.02 Å². The first kappa shape index (κ1) is 18.7. The van der Waals surface area contributed by atoms with Gasteiger partial charge in [0.1, 0.15) is 22.8 Å². The maximum absolute atomic E-state index is 11.8. The lowest BCUT2D eigenvalue weighted by molar-refractivity contribution is -0.116. The van der Waals surface area contributed by atoms with Gasteiger partial charge in [0.05, 0.1) is 10.6 Å². The lowest BCUT2D eigenvalue weighted by Gasteiger charge is -2.09. The molecule has 0 amide bonds. The molecular weight excluding hydrogens is 390 g/mol. The van der Waals surface area contributed by atoms with Gasteiger partial charge in [-0.3, -0.25) is 4.79 Å². The summed E-state index contributed by atoms with van der Waals surface area (Å²) in [6.45, 7) is 3.50. The Bertz CT molecular complexity index is 1160. The van der Waals surface area contributed by atoms with Gasteiger partial charge in [-0.05, 0) is 37.6 Å². The van der Waals surface area contributed by atoms with E-state index in [1.807, 2.05) is 54.0 Å². The highest BCUT2D eigenvalue weighted by atomic mass is 35.5. The van der Waals surface area contributed by atoms with E-state index in [0.717, 1.165) is 32.9 Å². The number of rotatable bonds is 5. The van der Waals surface area contributed by atoms with Crippen LogP contribution in [-0.2, 0) is 4.79 Å². The molecule has 0 N–H and O–H groups in total. The minimum Gasteiger partial charge on any atom is -0.301 e. The maximum Gasteiger partial charge on any atom is 0.149 e. The van der Waals surface area contributed by atoms with E-state index in [-0.39, 0.29) is 11.0 Å². The first-order chi connectivity index (χ1) is 13.5. The molecular formula is C22H18ClN3OS. The lowest BCUT2D eigenvalue weighted by atomic mass is 10.1. The van der Waals surface area contributed by atoms with Gasteiger partial charge in [0.15, 0.2) is 0 Å². The summed E-state index contributed by atoms with van der Waals surface area (Å²) >= 11 is 7.68. The highest BCUT2D eigenvalue weighted by molar-refractivity contribution is 8.00. The molecule has 28 heavy (non-hydrogen) atoms. The molecule has 0 saturated heterocycles. The van der Waals surface area contributed by atoms with Crippen LogP contribution in [0.5, 0.6) is 0 Å². The number of hydrogen-bond donors (Lipinski definition) is 0. The highest BCUT2D eigenvalue weighted by Crippen LogP contribution is 2.38. The second-order valence-electron chi connectivity index (χ2n) is 6.51. The van der Waals surface area contributed by atoms with E-state index in [4.69, 9.17) is 11.6 Å². The number of carbonyl (C=O) groups excluding carboxylic acids is 1. The van der Waals surface area contributed by atoms with Crippen molar-refractivity contribution in [2.45, 2.75) is 24.1 Å². The molecule has 6 heteroatoms. The number of ketones is 1. The molecule has 0 unspecified atom stereocenters. The Hall–Kier alpha value is -2.63. The van der Waals surface area contributed by atoms with Crippen molar-refractivity contribution < 1.29 is 4.79 Å². The van der Waals surface area contributed by atoms with Crippen molar-refractivity contribution in [1.82, 2.24) is 14.5 Å². The first-order valence-corrected chi connectivity index (χ1v) is 10.1. The average molecular weight is 408 g/mol. The fourth-order valence-corrected chi connectivity index (χ4v) is 4.15. The zero-order valence-electron chi connectivity index (χ0n) is 15.5. The van der Waals surface area contributed by atoms with Gasteiger partial charge >= 0.3 is 0 Å². The van der Waals surface area contributed by atoms with Gasteiger partial charge in [0, 0.05) is 22.5 Å². The summed E-state index contributed by atoms with van der Waals surface area (Å²) in [7, 11) is 0. The molecule has 0 aliphatic rings. The van der Waals surface area contributed by atoms with E-state index in [2.05, 4.69) is 28.3 Å². The largest absolute Gasteiger partial charge is 0.301 e. The van der Waals surface area contributed by atoms with Crippen LogP contribution < -0.4 is 0 Å². The molecule has 2 aromatic heterocycles. The molecule has 1 atom stereocenters. The monoisotopic (exact) mass is 407 g/mol. The van der Waals surface area contributed by atoms with Gasteiger partial charge in [-0.25, -0.2) is 9.97 Å². The zero-order valence-corrected chi connectivity index (χ0v) is 17.0. The van der Waals surface area contributed by atoms with Crippen LogP contribution in [0.3, 0.4) is 0 Å². The lowest BCUT2D eigenvalue weighted by Crippen LogP contribution is -2.08. The van der Waals surface area contributed by atoms with E-state index in [9.17, 15) is 4.79 Å². The van der Waals surface area contributed by atoms with Crippen molar-refractivity contribution in [3.63, 3.8) is 0 Å². The van der Waals surface area contributed by atoms with E-state index < -0.39 is 0 Å². The van der Waals surface area contributed by atoms with Crippen LogP contribution in [0.25, 0.3) is 27.8 Å². The molecule has 0 saturated carbocycles. The summed E-state index contributed by atoms with van der Waals surface area (Å²) in [5.41, 5.74) is 3.80. The third-order valence-electron chi connectivity index (χ3n) is 4.58. The summed E-state index contributed by atoms with van der Waals surface area (Å²) in [5.74, 6) is 0.118. The van der Waals surface area contributed by atoms with Crippen LogP contribution >= 0.6 is 23.4 Å². The maximum atomic E-state index is 11.8. The number of thioether (sulfide) groups is 1. The van der Waals surface area contributed by atoms with Gasteiger partial charge in [0.25, 0.3) is 0 Å². The molecule has 2 aromatic carbocycles. The van der Waals surface area contributed by atoms with Crippen molar-refractivity contribution in [3.05, 3.63) is 72.1 Å². The summed E-state index contributed by atoms with van der Waals surface area (Å²) in [4.78, 5) is 20.9. The topological polar surface area (TPSA) is 47.8 Å². The number of carbonyl (C=O) groups is 1. The molecule has 140 valence electrons. The molecule has 4 nitrogen and oxygen atoms in total. The molecule has 0 bridgehead atoms. The first-order valence-electron chi connectivity index (χ1n) is 8.89. The van der Waals surface area contributed by atoms with Crippen LogP contribution in [0.4, 0.5) is 0 Å². The zero-order chi connectivity index (χ0) is 19.7. The molecule has 0 aliphatic heterocycles. The van der Waals surface area contributed by atoms with Crippen LogP contribution in [0, 0.1) is 0 Å². The summed E-state index contributed by atoms with van der Waals surface area (Å²) in [5, 5.41) is 2.21. The second-order valence-corrected chi connectivity index (χ2v) is 8.27. The molecule has 2 heterocycles. The van der Waals surface area contributed by atoms with E-state index in [1.165, 1.54) is 11.8 Å². The van der Waals surface area contributed by atoms with Crippen LogP contribution in [0.15, 0.2) is 72.1 Å². The Morgan fingerprint density at radius 2 is 1.89 bits per heavy atom. The van der Waals surface area contributed by atoms with Crippen molar-refractivity contribution in [2.75, 3.05) is 0 Å². The highest BCUT2D eigenvalue weighted by Gasteiger charge is 2.20. The second kappa shape index (κ2) is 7.78. The third-order valence-corrected chi connectivity index (χ3v) is 6.03. The van der Waals surface area contributed by atoms with Gasteiger partial charge < -0.3 is 4.57 Å². The fraction of sp³-hybridized carbons (Fsp3) is 0.136. The molecule has 4 rings (SSSR count). The number of benzene rings is 2. The Balaban J connectivity index is 1.99. The van der Waals surface area contributed by atoms with Gasteiger partial charge in [0.2, 0.25) is 0 Å². The van der Waals surface area contributed by atoms with Gasteiger partial charge in [-0.1, -0.05) is 59.8 Å². The Labute approximate surface area is 172 Å². The Kier molecular flexibility index (Phi) is 5.20. The van der Waals surface area contributed by atoms with Crippen molar-refractivity contribution in [3.8, 4) is 16.8 Å². The molecule has 0 fully saturated rings.